The molecule has 0 aliphatic rings. The standard InChI is InChI=1S/C16H15N3O2/c1-2-5-11-6-3-4-7-14(11)19-15-9-8-12(16(20)21)10-13(15)17-18-19/h3-4,6-10H,2,5H2,1H3,(H,20,21). The van der Waals surface area contributed by atoms with Gasteiger partial charge in [0, 0.05) is 0 Å². The van der Waals surface area contributed by atoms with Gasteiger partial charge < -0.3 is 5.11 Å². The number of aromatic carboxylic acids is 1. The van der Waals surface area contributed by atoms with Crippen LogP contribution in [0.15, 0.2) is 42.5 Å². The number of carboxylic acids is 1. The Morgan fingerprint density at radius 3 is 2.81 bits per heavy atom. The molecule has 106 valence electrons. The summed E-state index contributed by atoms with van der Waals surface area (Å²) in [7, 11) is 0. The molecule has 0 amide bonds. The van der Waals surface area contributed by atoms with E-state index in [0.29, 0.717) is 5.52 Å². The average Bonchev–Trinajstić information content (AvgIpc) is 2.91. The van der Waals surface area contributed by atoms with Gasteiger partial charge in [0.15, 0.2) is 0 Å². The minimum atomic E-state index is -0.960. The molecule has 3 aromatic rings. The van der Waals surface area contributed by atoms with Crippen LogP contribution in [0.4, 0.5) is 0 Å². The Balaban J connectivity index is 2.15. The summed E-state index contributed by atoms with van der Waals surface area (Å²) >= 11 is 0. The van der Waals surface area contributed by atoms with Crippen molar-refractivity contribution in [1.29, 1.82) is 0 Å². The van der Waals surface area contributed by atoms with Crippen LogP contribution in [-0.4, -0.2) is 26.1 Å². The van der Waals surface area contributed by atoms with Crippen molar-refractivity contribution in [2.45, 2.75) is 19.8 Å². The SMILES string of the molecule is CCCc1ccccc1-n1nnc2cc(C(=O)O)ccc21. The topological polar surface area (TPSA) is 68.0 Å². The van der Waals surface area contributed by atoms with E-state index in [9.17, 15) is 4.79 Å². The van der Waals surface area contributed by atoms with Crippen LogP contribution < -0.4 is 0 Å². The minimum absolute atomic E-state index is 0.219. The van der Waals surface area contributed by atoms with Gasteiger partial charge in [0.1, 0.15) is 5.52 Å². The highest BCUT2D eigenvalue weighted by Gasteiger charge is 2.12. The Labute approximate surface area is 121 Å². The van der Waals surface area contributed by atoms with Gasteiger partial charge in [-0.1, -0.05) is 36.8 Å². The molecule has 0 saturated heterocycles. The molecule has 1 aromatic heterocycles. The first-order valence-corrected chi connectivity index (χ1v) is 6.87. The lowest BCUT2D eigenvalue weighted by Crippen LogP contribution is -2.01. The molecule has 0 fully saturated rings. The van der Waals surface area contributed by atoms with E-state index < -0.39 is 5.97 Å². The summed E-state index contributed by atoms with van der Waals surface area (Å²) in [5, 5.41) is 17.3. The highest BCUT2D eigenvalue weighted by atomic mass is 16.4. The fraction of sp³-hybridized carbons (Fsp3) is 0.188. The molecule has 5 nitrogen and oxygen atoms in total. The largest absolute Gasteiger partial charge is 0.478 e. The van der Waals surface area contributed by atoms with Crippen molar-refractivity contribution in [2.24, 2.45) is 0 Å². The summed E-state index contributed by atoms with van der Waals surface area (Å²) in [4.78, 5) is 11.0. The zero-order valence-corrected chi connectivity index (χ0v) is 11.7. The predicted octanol–water partition coefficient (Wildman–Crippen LogP) is 3.07. The van der Waals surface area contributed by atoms with Crippen LogP contribution in [-0.2, 0) is 6.42 Å². The van der Waals surface area contributed by atoms with Gasteiger partial charge >= 0.3 is 5.97 Å². The zero-order valence-electron chi connectivity index (χ0n) is 11.7. The van der Waals surface area contributed by atoms with Gasteiger partial charge in [-0.2, -0.15) is 0 Å². The van der Waals surface area contributed by atoms with Crippen molar-refractivity contribution >= 4 is 17.0 Å². The van der Waals surface area contributed by atoms with E-state index >= 15 is 0 Å². The van der Waals surface area contributed by atoms with Crippen molar-refractivity contribution in [3.05, 3.63) is 53.6 Å². The average molecular weight is 281 g/mol. The van der Waals surface area contributed by atoms with E-state index in [0.717, 1.165) is 24.0 Å². The van der Waals surface area contributed by atoms with Crippen molar-refractivity contribution in [1.82, 2.24) is 15.0 Å². The highest BCUT2D eigenvalue weighted by molar-refractivity contribution is 5.92. The maximum atomic E-state index is 11.0. The molecule has 0 radical (unpaired) electrons. The summed E-state index contributed by atoms with van der Waals surface area (Å²) in [6.45, 7) is 2.13. The van der Waals surface area contributed by atoms with E-state index in [1.165, 1.54) is 5.56 Å². The molecule has 21 heavy (non-hydrogen) atoms. The first-order chi connectivity index (χ1) is 10.2. The second-order valence-electron chi connectivity index (χ2n) is 4.89. The van der Waals surface area contributed by atoms with Crippen LogP contribution in [0.1, 0.15) is 29.3 Å². The molecule has 5 heteroatoms. The predicted molar refractivity (Wildman–Crippen MR) is 79.8 cm³/mol. The van der Waals surface area contributed by atoms with Gasteiger partial charge in [0.2, 0.25) is 0 Å². The van der Waals surface area contributed by atoms with Gasteiger partial charge in [-0.25, -0.2) is 9.48 Å². The Morgan fingerprint density at radius 2 is 2.05 bits per heavy atom. The van der Waals surface area contributed by atoms with E-state index in [-0.39, 0.29) is 5.56 Å². The van der Waals surface area contributed by atoms with Crippen LogP contribution in [0.5, 0.6) is 0 Å². The van der Waals surface area contributed by atoms with Crippen molar-refractivity contribution in [2.75, 3.05) is 0 Å². The fourth-order valence-electron chi connectivity index (χ4n) is 2.43. The third-order valence-electron chi connectivity index (χ3n) is 3.43. The Bertz CT molecular complexity index is 808. The number of carboxylic acid groups (broad SMARTS) is 1. The lowest BCUT2D eigenvalue weighted by molar-refractivity contribution is 0.0697. The molecule has 2 aromatic carbocycles. The number of hydrogen-bond donors (Lipinski definition) is 1. The van der Waals surface area contributed by atoms with E-state index in [1.54, 1.807) is 22.9 Å². The lowest BCUT2D eigenvalue weighted by Gasteiger charge is -2.08. The summed E-state index contributed by atoms with van der Waals surface area (Å²) in [5.41, 5.74) is 3.81. The number of para-hydroxylation sites is 1. The number of aromatic nitrogens is 3. The smallest absolute Gasteiger partial charge is 0.335 e. The normalized spacial score (nSPS) is 10.9. The van der Waals surface area contributed by atoms with Gasteiger partial charge in [-0.05, 0) is 36.2 Å². The molecular formula is C16H15N3O2. The van der Waals surface area contributed by atoms with Gasteiger partial charge in [0.05, 0.1) is 16.8 Å². The second kappa shape index (κ2) is 5.36. The van der Waals surface area contributed by atoms with Crippen LogP contribution in [0, 0.1) is 0 Å². The van der Waals surface area contributed by atoms with Crippen molar-refractivity contribution in [3.8, 4) is 5.69 Å². The first kappa shape index (κ1) is 13.3. The number of hydrogen-bond acceptors (Lipinski definition) is 3. The van der Waals surface area contributed by atoms with E-state index in [4.69, 9.17) is 5.11 Å². The van der Waals surface area contributed by atoms with Crippen molar-refractivity contribution in [3.63, 3.8) is 0 Å². The van der Waals surface area contributed by atoms with Gasteiger partial charge in [-0.15, -0.1) is 5.10 Å². The zero-order chi connectivity index (χ0) is 14.8. The Hall–Kier alpha value is -2.69. The maximum Gasteiger partial charge on any atom is 0.335 e. The summed E-state index contributed by atoms with van der Waals surface area (Å²) in [5.74, 6) is -0.960. The molecule has 0 unspecified atom stereocenters. The number of carbonyl (C=O) groups is 1. The molecule has 0 spiro atoms. The van der Waals surface area contributed by atoms with Crippen LogP contribution in [0.3, 0.4) is 0 Å². The number of fused-ring (bicyclic) bond motifs is 1. The molecule has 1 heterocycles. The van der Waals surface area contributed by atoms with Gasteiger partial charge in [-0.3, -0.25) is 0 Å². The van der Waals surface area contributed by atoms with Crippen LogP contribution in [0.25, 0.3) is 16.7 Å². The number of benzene rings is 2. The summed E-state index contributed by atoms with van der Waals surface area (Å²) < 4.78 is 1.77. The van der Waals surface area contributed by atoms with E-state index in [2.05, 4.69) is 23.3 Å². The molecule has 0 atom stereocenters. The van der Waals surface area contributed by atoms with Crippen molar-refractivity contribution < 1.29 is 9.90 Å². The quantitative estimate of drug-likeness (QED) is 0.798. The Kier molecular flexibility index (Phi) is 3.39. The second-order valence-corrected chi connectivity index (χ2v) is 4.89. The Morgan fingerprint density at radius 1 is 1.24 bits per heavy atom. The summed E-state index contributed by atoms with van der Waals surface area (Å²) in [6, 6.07) is 12.9. The molecular weight excluding hydrogens is 266 g/mol. The molecule has 0 saturated carbocycles. The number of rotatable bonds is 4. The monoisotopic (exact) mass is 281 g/mol. The molecule has 0 bridgehead atoms. The van der Waals surface area contributed by atoms with Crippen LogP contribution >= 0.6 is 0 Å². The molecule has 1 N–H and O–H groups in total. The fourth-order valence-corrected chi connectivity index (χ4v) is 2.43. The lowest BCUT2D eigenvalue weighted by atomic mass is 10.1. The van der Waals surface area contributed by atoms with Crippen LogP contribution in [0.2, 0.25) is 0 Å². The molecule has 0 aliphatic heterocycles. The highest BCUT2D eigenvalue weighted by Crippen LogP contribution is 2.21. The molecule has 3 rings (SSSR count). The first-order valence-electron chi connectivity index (χ1n) is 6.87. The number of aryl methyl sites for hydroxylation is 1. The minimum Gasteiger partial charge on any atom is -0.478 e. The third kappa shape index (κ3) is 2.38. The number of nitrogens with zero attached hydrogens (tertiary/aromatic N) is 3. The van der Waals surface area contributed by atoms with E-state index in [1.807, 2.05) is 18.2 Å². The third-order valence-corrected chi connectivity index (χ3v) is 3.43. The summed E-state index contributed by atoms with van der Waals surface area (Å²) in [6.07, 6.45) is 2.01. The maximum absolute atomic E-state index is 11.0. The molecule has 0 aliphatic carbocycles. The van der Waals surface area contributed by atoms with Gasteiger partial charge in [0.25, 0.3) is 0 Å².